The molecule has 1 amide bonds. The average molecular weight is 341 g/mol. The van der Waals surface area contributed by atoms with Gasteiger partial charge in [0.2, 0.25) is 0 Å². The first-order valence-electron chi connectivity index (χ1n) is 6.47. The minimum atomic E-state index is -0.719. The molecular formula is C14H17BrN2O3. The van der Waals surface area contributed by atoms with Crippen molar-refractivity contribution in [1.82, 2.24) is 5.32 Å². The van der Waals surface area contributed by atoms with Crippen LogP contribution in [0.25, 0.3) is 0 Å². The van der Waals surface area contributed by atoms with Gasteiger partial charge in [0, 0.05) is 17.1 Å². The van der Waals surface area contributed by atoms with Gasteiger partial charge in [-0.05, 0) is 18.2 Å². The maximum atomic E-state index is 12.0. The number of benzene rings is 1. The van der Waals surface area contributed by atoms with E-state index in [0.717, 1.165) is 4.47 Å². The second-order valence-electron chi connectivity index (χ2n) is 5.12. The molecule has 108 valence electrons. The topological polar surface area (TPSA) is 69.6 Å². The highest BCUT2D eigenvalue weighted by atomic mass is 79.9. The fraction of sp³-hybridized carbons (Fsp3) is 0.429. The Kier molecular flexibility index (Phi) is 4.57. The van der Waals surface area contributed by atoms with Gasteiger partial charge in [0.25, 0.3) is 11.7 Å². The van der Waals surface area contributed by atoms with Crippen LogP contribution in [-0.2, 0) is 4.79 Å². The summed E-state index contributed by atoms with van der Waals surface area (Å²) in [6.07, 6.45) is -0.719. The van der Waals surface area contributed by atoms with Crippen LogP contribution in [0.1, 0.15) is 24.2 Å². The summed E-state index contributed by atoms with van der Waals surface area (Å²) in [7, 11) is 0. The van der Waals surface area contributed by atoms with Crippen LogP contribution in [-0.4, -0.2) is 42.0 Å². The smallest absolute Gasteiger partial charge is 0.299 e. The van der Waals surface area contributed by atoms with E-state index in [0.29, 0.717) is 17.8 Å². The minimum absolute atomic E-state index is 0.110. The normalized spacial score (nSPS) is 15.9. The number of hydrogen-bond acceptors (Lipinski definition) is 4. The van der Waals surface area contributed by atoms with Crippen molar-refractivity contribution in [2.45, 2.75) is 26.0 Å². The van der Waals surface area contributed by atoms with E-state index < -0.39 is 17.8 Å². The molecule has 1 atom stereocenters. The second kappa shape index (κ2) is 6.03. The fourth-order valence-corrected chi connectivity index (χ4v) is 2.46. The maximum Gasteiger partial charge on any atom is 0.299 e. The van der Waals surface area contributed by atoms with Gasteiger partial charge < -0.3 is 15.3 Å². The molecule has 0 saturated heterocycles. The number of halogens is 1. The van der Waals surface area contributed by atoms with E-state index in [4.69, 9.17) is 0 Å². The summed E-state index contributed by atoms with van der Waals surface area (Å²) in [6.45, 7) is 4.44. The van der Waals surface area contributed by atoms with Crippen LogP contribution < -0.4 is 10.2 Å². The molecule has 1 aromatic rings. The summed E-state index contributed by atoms with van der Waals surface area (Å²) in [5, 5.41) is 13.1. The first kappa shape index (κ1) is 15.2. The number of fused-ring (bicyclic) bond motifs is 1. The van der Waals surface area contributed by atoms with Crippen molar-refractivity contribution < 1.29 is 14.7 Å². The predicted molar refractivity (Wildman–Crippen MR) is 80.0 cm³/mol. The third-order valence-corrected chi connectivity index (χ3v) is 3.58. The summed E-state index contributed by atoms with van der Waals surface area (Å²) in [6, 6.07) is 5.37. The molecule has 1 unspecified atom stereocenters. The molecular weight excluding hydrogens is 324 g/mol. The van der Waals surface area contributed by atoms with E-state index in [-0.39, 0.29) is 12.6 Å². The zero-order valence-corrected chi connectivity index (χ0v) is 13.0. The molecule has 0 radical (unpaired) electrons. The van der Waals surface area contributed by atoms with Gasteiger partial charge in [-0.25, -0.2) is 0 Å². The Labute approximate surface area is 126 Å². The molecule has 0 fully saturated rings. The largest absolute Gasteiger partial charge is 0.390 e. The second-order valence-corrected chi connectivity index (χ2v) is 6.04. The molecule has 1 aromatic carbocycles. The van der Waals surface area contributed by atoms with E-state index in [1.54, 1.807) is 18.2 Å². The number of anilines is 1. The standard InChI is InChI=1S/C14H17BrN2O3/c1-8(2)16-6-10(18)7-17-12-4-3-9(15)5-11(12)13(19)14(17)20/h3-5,8,10,16,18H,6-7H2,1-2H3. The van der Waals surface area contributed by atoms with Crippen LogP contribution in [0.3, 0.4) is 0 Å². The van der Waals surface area contributed by atoms with Gasteiger partial charge in [0.1, 0.15) is 0 Å². The molecule has 1 aliphatic rings. The van der Waals surface area contributed by atoms with E-state index in [9.17, 15) is 14.7 Å². The van der Waals surface area contributed by atoms with Gasteiger partial charge in [-0.15, -0.1) is 0 Å². The molecule has 0 aliphatic carbocycles. The Bertz CT molecular complexity index is 545. The number of rotatable bonds is 5. The van der Waals surface area contributed by atoms with Crippen molar-refractivity contribution in [3.63, 3.8) is 0 Å². The van der Waals surface area contributed by atoms with Gasteiger partial charge in [-0.3, -0.25) is 9.59 Å². The Morgan fingerprint density at radius 2 is 2.05 bits per heavy atom. The predicted octanol–water partition coefficient (Wildman–Crippen LogP) is 1.34. The number of amides is 1. The number of carbonyl (C=O) groups excluding carboxylic acids is 2. The quantitative estimate of drug-likeness (QED) is 0.793. The Morgan fingerprint density at radius 1 is 1.35 bits per heavy atom. The summed E-state index contributed by atoms with van der Waals surface area (Å²) in [5.74, 6) is -1.10. The van der Waals surface area contributed by atoms with Crippen molar-refractivity contribution in [1.29, 1.82) is 0 Å². The summed E-state index contributed by atoms with van der Waals surface area (Å²) < 4.78 is 0.751. The number of ketones is 1. The molecule has 20 heavy (non-hydrogen) atoms. The van der Waals surface area contributed by atoms with Gasteiger partial charge in [0.15, 0.2) is 0 Å². The first-order valence-corrected chi connectivity index (χ1v) is 7.26. The van der Waals surface area contributed by atoms with Crippen molar-refractivity contribution in [2.75, 3.05) is 18.0 Å². The third kappa shape index (κ3) is 3.08. The Hall–Kier alpha value is -1.24. The molecule has 6 heteroatoms. The highest BCUT2D eigenvalue weighted by molar-refractivity contribution is 9.10. The van der Waals surface area contributed by atoms with Gasteiger partial charge in [-0.2, -0.15) is 0 Å². The van der Waals surface area contributed by atoms with Crippen molar-refractivity contribution in [2.24, 2.45) is 0 Å². The number of β-amino-alcohol motifs (C(OH)–C–C–N with tert-alkyl or cyclic N) is 1. The number of Topliss-reactive ketones (excluding diaryl/α,β-unsaturated/α-hetero) is 1. The molecule has 1 heterocycles. The SMILES string of the molecule is CC(C)NCC(O)CN1C(=O)C(=O)c2cc(Br)ccc21. The molecule has 0 aromatic heterocycles. The lowest BCUT2D eigenvalue weighted by atomic mass is 10.1. The number of aliphatic hydroxyl groups is 1. The van der Waals surface area contributed by atoms with Crippen molar-refractivity contribution in [3.05, 3.63) is 28.2 Å². The van der Waals surface area contributed by atoms with Crippen LogP contribution in [0.5, 0.6) is 0 Å². The van der Waals surface area contributed by atoms with Crippen molar-refractivity contribution >= 4 is 33.3 Å². The van der Waals surface area contributed by atoms with E-state index in [1.807, 2.05) is 13.8 Å². The average Bonchev–Trinajstić information content (AvgIpc) is 2.61. The molecule has 1 aliphatic heterocycles. The monoisotopic (exact) mass is 340 g/mol. The van der Waals surface area contributed by atoms with Crippen LogP contribution >= 0.6 is 15.9 Å². The summed E-state index contributed by atoms with van der Waals surface area (Å²) >= 11 is 3.28. The lowest BCUT2D eigenvalue weighted by Gasteiger charge is -2.21. The Morgan fingerprint density at radius 3 is 2.70 bits per heavy atom. The molecule has 5 nitrogen and oxygen atoms in total. The fourth-order valence-electron chi connectivity index (χ4n) is 2.10. The van der Waals surface area contributed by atoms with Crippen LogP contribution in [0.15, 0.2) is 22.7 Å². The van der Waals surface area contributed by atoms with Gasteiger partial charge >= 0.3 is 0 Å². The zero-order chi connectivity index (χ0) is 14.9. The highest BCUT2D eigenvalue weighted by Gasteiger charge is 2.36. The molecule has 0 bridgehead atoms. The van der Waals surface area contributed by atoms with E-state index >= 15 is 0 Å². The number of nitrogens with zero attached hydrogens (tertiary/aromatic N) is 1. The lowest BCUT2D eigenvalue weighted by Crippen LogP contribution is -2.42. The lowest BCUT2D eigenvalue weighted by molar-refractivity contribution is -0.114. The molecule has 0 spiro atoms. The molecule has 2 N–H and O–H groups in total. The maximum absolute atomic E-state index is 12.0. The minimum Gasteiger partial charge on any atom is -0.390 e. The van der Waals surface area contributed by atoms with Crippen molar-refractivity contribution in [3.8, 4) is 0 Å². The highest BCUT2D eigenvalue weighted by Crippen LogP contribution is 2.31. The van der Waals surface area contributed by atoms with Gasteiger partial charge in [0.05, 0.1) is 23.9 Å². The number of aliphatic hydroxyl groups excluding tert-OH is 1. The molecule has 0 saturated carbocycles. The van der Waals surface area contributed by atoms with E-state index in [1.165, 1.54) is 4.90 Å². The van der Waals surface area contributed by atoms with Crippen LogP contribution in [0, 0.1) is 0 Å². The number of hydrogen-bond donors (Lipinski definition) is 2. The molecule has 2 rings (SSSR count). The zero-order valence-electron chi connectivity index (χ0n) is 11.4. The number of carbonyl (C=O) groups is 2. The van der Waals surface area contributed by atoms with E-state index in [2.05, 4.69) is 21.2 Å². The third-order valence-electron chi connectivity index (χ3n) is 3.09. The van der Waals surface area contributed by atoms with Crippen LogP contribution in [0.2, 0.25) is 0 Å². The number of nitrogens with one attached hydrogen (secondary N) is 1. The van der Waals surface area contributed by atoms with Gasteiger partial charge in [-0.1, -0.05) is 29.8 Å². The summed E-state index contributed by atoms with van der Waals surface area (Å²) in [5.41, 5.74) is 0.945. The summed E-state index contributed by atoms with van der Waals surface area (Å²) in [4.78, 5) is 25.2. The van der Waals surface area contributed by atoms with Crippen LogP contribution in [0.4, 0.5) is 5.69 Å². The Balaban J connectivity index is 2.14. The first-order chi connectivity index (χ1) is 9.40.